The number of amides is 2. The summed E-state index contributed by atoms with van der Waals surface area (Å²) in [7, 11) is 1.28. The van der Waals surface area contributed by atoms with Crippen LogP contribution in [0.4, 0.5) is 8.78 Å². The van der Waals surface area contributed by atoms with Crippen LogP contribution < -0.4 is 5.73 Å². The van der Waals surface area contributed by atoms with Crippen molar-refractivity contribution in [2.75, 3.05) is 13.7 Å². The summed E-state index contributed by atoms with van der Waals surface area (Å²) in [6.07, 6.45) is 1.16. The molecular weight excluding hydrogens is 508 g/mol. The molecule has 1 aliphatic carbocycles. The minimum atomic E-state index is -1.60. The van der Waals surface area contributed by atoms with Gasteiger partial charge in [0.15, 0.2) is 11.5 Å². The average Bonchev–Trinajstić information content (AvgIpc) is 3.42. The molecule has 1 aliphatic heterocycles. The van der Waals surface area contributed by atoms with Crippen LogP contribution in [0.5, 0.6) is 0 Å². The number of carbonyl (C=O) groups is 3. The van der Waals surface area contributed by atoms with E-state index in [0.29, 0.717) is 29.3 Å². The number of methoxy groups -OCH3 is 1. The van der Waals surface area contributed by atoms with Crippen LogP contribution in [0.1, 0.15) is 35.3 Å². The van der Waals surface area contributed by atoms with Crippen LogP contribution in [0.25, 0.3) is 10.9 Å². The van der Waals surface area contributed by atoms with Gasteiger partial charge in [0.05, 0.1) is 22.5 Å². The zero-order valence-electron chi connectivity index (χ0n) is 19.9. The number of pyridine rings is 1. The first-order valence-corrected chi connectivity index (χ1v) is 12.1. The first-order chi connectivity index (χ1) is 17.7. The Balaban J connectivity index is 1.42. The molecule has 0 unspecified atom stereocenters. The molecule has 0 radical (unpaired) electrons. The summed E-state index contributed by atoms with van der Waals surface area (Å²) in [6.45, 7) is -0.718. The van der Waals surface area contributed by atoms with Gasteiger partial charge in [0.25, 0.3) is 5.91 Å². The first kappa shape index (κ1) is 25.2. The number of primary amides is 1. The van der Waals surface area contributed by atoms with Crippen molar-refractivity contribution >= 4 is 40.1 Å². The van der Waals surface area contributed by atoms with Gasteiger partial charge in [0.1, 0.15) is 30.7 Å². The molecule has 1 aromatic carbocycles. The van der Waals surface area contributed by atoms with Gasteiger partial charge in [-0.25, -0.2) is 8.78 Å². The molecule has 3 atom stereocenters. The highest BCUT2D eigenvalue weighted by molar-refractivity contribution is 6.30. The Morgan fingerprint density at radius 3 is 2.70 bits per heavy atom. The maximum absolute atomic E-state index is 15.0. The molecule has 194 valence electrons. The predicted molar refractivity (Wildman–Crippen MR) is 129 cm³/mol. The van der Waals surface area contributed by atoms with E-state index in [-0.39, 0.29) is 30.2 Å². The van der Waals surface area contributed by atoms with Crippen LogP contribution in [-0.4, -0.2) is 69.2 Å². The number of halogens is 3. The molecule has 2 aromatic heterocycles. The van der Waals surface area contributed by atoms with Crippen LogP contribution in [0.3, 0.4) is 0 Å². The standard InChI is InChI=1S/C25H24ClF2N5O4/c1-37-23-16(27)11-32(19(35)12-33-17-5-8-30-10-13(17)21(31-33)24(29)36)22(23)18(34)9-25(6-7-25)14-3-2-4-15(26)20(14)28/h2-5,8,10,16,22-23H,6-7,9,11-12H2,1H3,(H2,29,36)/t16-,22+,23+/m0/s1. The second-order valence-corrected chi connectivity index (χ2v) is 9.90. The van der Waals surface area contributed by atoms with E-state index < -0.39 is 47.1 Å². The zero-order chi connectivity index (χ0) is 26.5. The van der Waals surface area contributed by atoms with Crippen molar-refractivity contribution in [3.05, 3.63) is 58.8 Å². The molecule has 3 aromatic rings. The first-order valence-electron chi connectivity index (χ1n) is 11.7. The zero-order valence-corrected chi connectivity index (χ0v) is 20.6. The van der Waals surface area contributed by atoms with E-state index >= 15 is 0 Å². The Kier molecular flexibility index (Phi) is 6.45. The van der Waals surface area contributed by atoms with Crippen molar-refractivity contribution in [2.45, 2.75) is 49.5 Å². The van der Waals surface area contributed by atoms with Gasteiger partial charge >= 0.3 is 0 Å². The van der Waals surface area contributed by atoms with Crippen molar-refractivity contribution in [1.29, 1.82) is 0 Å². The third kappa shape index (κ3) is 4.36. The topological polar surface area (TPSA) is 120 Å². The highest BCUT2D eigenvalue weighted by Gasteiger charge is 2.53. The summed E-state index contributed by atoms with van der Waals surface area (Å²) in [6, 6.07) is 5.02. The summed E-state index contributed by atoms with van der Waals surface area (Å²) in [4.78, 5) is 43.9. The molecule has 1 saturated carbocycles. The molecule has 0 bridgehead atoms. The molecule has 2 fully saturated rings. The molecule has 9 nitrogen and oxygen atoms in total. The van der Waals surface area contributed by atoms with Gasteiger partial charge in [-0.3, -0.25) is 24.0 Å². The number of hydrogen-bond acceptors (Lipinski definition) is 6. The summed E-state index contributed by atoms with van der Waals surface area (Å²) < 4.78 is 36.3. The average molecular weight is 532 g/mol. The molecular formula is C25H24ClF2N5O4. The minimum Gasteiger partial charge on any atom is -0.376 e. The van der Waals surface area contributed by atoms with E-state index in [9.17, 15) is 23.2 Å². The molecule has 1 saturated heterocycles. The van der Waals surface area contributed by atoms with Crippen molar-refractivity contribution in [3.63, 3.8) is 0 Å². The second-order valence-electron chi connectivity index (χ2n) is 9.50. The van der Waals surface area contributed by atoms with Gasteiger partial charge in [-0.2, -0.15) is 5.10 Å². The number of benzene rings is 1. The highest BCUT2D eigenvalue weighted by atomic mass is 35.5. The summed E-state index contributed by atoms with van der Waals surface area (Å²) >= 11 is 5.96. The van der Waals surface area contributed by atoms with Crippen molar-refractivity contribution < 1.29 is 27.9 Å². The molecule has 2 amide bonds. The Morgan fingerprint density at radius 2 is 2.03 bits per heavy atom. The minimum absolute atomic E-state index is 0.0375. The fourth-order valence-electron chi connectivity index (χ4n) is 5.26. The quantitative estimate of drug-likeness (QED) is 0.477. The van der Waals surface area contributed by atoms with Crippen LogP contribution in [0.15, 0.2) is 36.7 Å². The van der Waals surface area contributed by atoms with Gasteiger partial charge in [-0.1, -0.05) is 23.7 Å². The Labute approximate surface area is 215 Å². The third-order valence-corrected chi connectivity index (χ3v) is 7.55. The maximum atomic E-state index is 15.0. The number of hydrogen-bond donors (Lipinski definition) is 1. The van der Waals surface area contributed by atoms with Gasteiger partial charge in [-0.05, 0) is 30.5 Å². The summed E-state index contributed by atoms with van der Waals surface area (Å²) in [5.74, 6) is -2.38. The van der Waals surface area contributed by atoms with Crippen LogP contribution in [0.2, 0.25) is 5.02 Å². The van der Waals surface area contributed by atoms with Gasteiger partial charge < -0.3 is 15.4 Å². The highest BCUT2D eigenvalue weighted by Crippen LogP contribution is 2.53. The largest absolute Gasteiger partial charge is 0.376 e. The van der Waals surface area contributed by atoms with Crippen LogP contribution >= 0.6 is 11.6 Å². The number of aromatic nitrogens is 3. The second kappa shape index (κ2) is 9.46. The molecule has 5 rings (SSSR count). The molecule has 2 N–H and O–H groups in total. The third-order valence-electron chi connectivity index (χ3n) is 7.26. The molecule has 3 heterocycles. The number of ketones is 1. The van der Waals surface area contributed by atoms with E-state index in [4.69, 9.17) is 22.1 Å². The van der Waals surface area contributed by atoms with Gasteiger partial charge in [0.2, 0.25) is 5.91 Å². The Bertz CT molecular complexity index is 1410. The van der Waals surface area contributed by atoms with E-state index in [1.807, 2.05) is 0 Å². The number of nitrogens with two attached hydrogens (primary N) is 1. The van der Waals surface area contributed by atoms with E-state index in [1.54, 1.807) is 18.2 Å². The molecule has 37 heavy (non-hydrogen) atoms. The van der Waals surface area contributed by atoms with Gasteiger partial charge in [-0.15, -0.1) is 0 Å². The summed E-state index contributed by atoms with van der Waals surface area (Å²) in [5, 5.41) is 4.48. The number of likely N-dealkylation sites (tertiary alicyclic amines) is 1. The van der Waals surface area contributed by atoms with Crippen molar-refractivity contribution in [3.8, 4) is 0 Å². The fourth-order valence-corrected chi connectivity index (χ4v) is 5.43. The van der Waals surface area contributed by atoms with E-state index in [1.165, 1.54) is 30.3 Å². The normalized spacial score (nSPS) is 22.4. The lowest BCUT2D eigenvalue weighted by Gasteiger charge is -2.28. The number of ether oxygens (including phenoxy) is 1. The Hall–Kier alpha value is -3.44. The lowest BCUT2D eigenvalue weighted by Crippen LogP contribution is -2.48. The Morgan fingerprint density at radius 1 is 1.27 bits per heavy atom. The van der Waals surface area contributed by atoms with Crippen molar-refractivity contribution in [2.24, 2.45) is 5.73 Å². The van der Waals surface area contributed by atoms with E-state index in [0.717, 1.165) is 4.90 Å². The predicted octanol–water partition coefficient (Wildman–Crippen LogP) is 2.58. The van der Waals surface area contributed by atoms with Crippen LogP contribution in [0, 0.1) is 5.82 Å². The molecule has 0 spiro atoms. The smallest absolute Gasteiger partial charge is 0.269 e. The lowest BCUT2D eigenvalue weighted by molar-refractivity contribution is -0.141. The van der Waals surface area contributed by atoms with Crippen LogP contribution in [-0.2, 0) is 26.3 Å². The van der Waals surface area contributed by atoms with E-state index in [2.05, 4.69) is 10.1 Å². The molecule has 2 aliphatic rings. The number of fused-ring (bicyclic) bond motifs is 1. The number of alkyl halides is 1. The number of carbonyl (C=O) groups excluding carboxylic acids is 3. The monoisotopic (exact) mass is 531 g/mol. The number of nitrogens with zero attached hydrogens (tertiary/aromatic N) is 4. The van der Waals surface area contributed by atoms with Crippen molar-refractivity contribution in [1.82, 2.24) is 19.7 Å². The molecule has 12 heteroatoms. The number of rotatable bonds is 8. The summed E-state index contributed by atoms with van der Waals surface area (Å²) in [5.41, 5.74) is 5.38. The fraction of sp³-hybridized carbons (Fsp3) is 0.400. The lowest BCUT2D eigenvalue weighted by atomic mass is 9.87. The van der Waals surface area contributed by atoms with Gasteiger partial charge in [0, 0.05) is 31.3 Å². The number of Topliss-reactive ketones (excluding diaryl/α,β-unsaturated/α-hetero) is 1. The maximum Gasteiger partial charge on any atom is 0.269 e. The SMILES string of the molecule is CO[C@H]1[C@@H](C(=O)CC2(c3cccc(Cl)c3F)CC2)N(C(=O)Cn2nc(C(N)=O)c3cnccc32)C[C@@H]1F.